The van der Waals surface area contributed by atoms with Crippen molar-refractivity contribution in [1.82, 2.24) is 8.87 Å². The predicted molar refractivity (Wildman–Crippen MR) is 124 cm³/mol. The van der Waals surface area contributed by atoms with E-state index in [1.165, 1.54) is 23.5 Å². The third kappa shape index (κ3) is 4.28. The molecule has 1 amide bonds. The maximum atomic E-state index is 13.0. The van der Waals surface area contributed by atoms with Gasteiger partial charge in [-0.3, -0.25) is 4.79 Å². The number of hydrogen-bond donors (Lipinski definition) is 0. The van der Waals surface area contributed by atoms with Crippen LogP contribution in [0.1, 0.15) is 36.5 Å². The normalized spacial score (nSPS) is 18.4. The maximum absolute atomic E-state index is 13.0. The number of rotatable bonds is 5. The number of amides is 1. The van der Waals surface area contributed by atoms with Crippen molar-refractivity contribution >= 4 is 37.5 Å². The number of allylic oxidation sites excluding steroid dienone is 1. The molecule has 1 aliphatic heterocycles. The minimum Gasteiger partial charge on any atom is -0.312 e. The summed E-state index contributed by atoms with van der Waals surface area (Å²) < 4.78 is 30.5. The fraction of sp³-hybridized carbons (Fsp3) is 0.304. The topological polar surface area (TPSA) is 71.7 Å². The van der Waals surface area contributed by atoms with Gasteiger partial charge in [-0.15, -0.1) is 6.58 Å². The van der Waals surface area contributed by atoms with Gasteiger partial charge in [0.15, 0.2) is 4.80 Å². The highest BCUT2D eigenvalue weighted by Crippen LogP contribution is 2.25. The average molecular weight is 456 g/mol. The quantitative estimate of drug-likeness (QED) is 0.542. The lowest BCUT2D eigenvalue weighted by molar-refractivity contribution is 0.0997. The average Bonchev–Trinajstić information content (AvgIpc) is 3.11. The molecule has 1 fully saturated rings. The van der Waals surface area contributed by atoms with Crippen molar-refractivity contribution in [2.24, 2.45) is 4.99 Å². The lowest BCUT2D eigenvalue weighted by Gasteiger charge is -2.32. The van der Waals surface area contributed by atoms with Gasteiger partial charge in [0.05, 0.1) is 15.1 Å². The Hall–Kier alpha value is -2.55. The van der Waals surface area contributed by atoms with Crippen LogP contribution in [0, 0.1) is 0 Å². The summed E-state index contributed by atoms with van der Waals surface area (Å²) in [6.07, 6.45) is 4.56. The number of para-hydroxylation sites is 1. The Kier molecular flexibility index (Phi) is 6.22. The number of piperidine rings is 1. The molecule has 0 N–H and O–H groups in total. The molecule has 8 heteroatoms. The first kappa shape index (κ1) is 21.7. The maximum Gasteiger partial charge on any atom is 0.279 e. The second-order valence-corrected chi connectivity index (χ2v) is 10.6. The van der Waals surface area contributed by atoms with Crippen molar-refractivity contribution in [3.8, 4) is 0 Å². The highest BCUT2D eigenvalue weighted by Gasteiger charge is 2.30. The lowest BCUT2D eigenvalue weighted by Crippen LogP contribution is -2.41. The van der Waals surface area contributed by atoms with Crippen LogP contribution in [0.5, 0.6) is 0 Å². The molecule has 6 nitrogen and oxygen atoms in total. The highest BCUT2D eigenvalue weighted by molar-refractivity contribution is 7.89. The molecule has 4 rings (SSSR count). The number of hydrogen-bond acceptors (Lipinski definition) is 4. The van der Waals surface area contributed by atoms with Gasteiger partial charge in [-0.1, -0.05) is 36.0 Å². The molecule has 0 spiro atoms. The molecule has 0 radical (unpaired) electrons. The predicted octanol–water partition coefficient (Wildman–Crippen LogP) is 4.19. The van der Waals surface area contributed by atoms with Gasteiger partial charge in [-0.2, -0.15) is 9.30 Å². The third-order valence-electron chi connectivity index (χ3n) is 5.55. The molecule has 0 bridgehead atoms. The first-order valence-electron chi connectivity index (χ1n) is 10.3. The Morgan fingerprint density at radius 1 is 1.19 bits per heavy atom. The van der Waals surface area contributed by atoms with E-state index >= 15 is 0 Å². The molecule has 0 saturated carbocycles. The van der Waals surface area contributed by atoms with Gasteiger partial charge in [-0.25, -0.2) is 8.42 Å². The smallest absolute Gasteiger partial charge is 0.279 e. The molecule has 1 saturated heterocycles. The molecular weight excluding hydrogens is 430 g/mol. The highest BCUT2D eigenvalue weighted by atomic mass is 32.2. The molecule has 1 aromatic heterocycles. The van der Waals surface area contributed by atoms with E-state index in [1.807, 2.05) is 35.8 Å². The summed E-state index contributed by atoms with van der Waals surface area (Å²) >= 11 is 1.44. The number of thiazole rings is 1. The van der Waals surface area contributed by atoms with Crippen molar-refractivity contribution in [1.29, 1.82) is 0 Å². The molecule has 1 aliphatic rings. The van der Waals surface area contributed by atoms with Crippen LogP contribution in [0.3, 0.4) is 0 Å². The standard InChI is InChI=1S/C23H25N3O3S2/c1-3-15-25-20-9-4-5-10-21(20)30-23(25)24-22(27)18-11-13-19(14-12-18)31(28,29)26-16-7-6-8-17(26)2/h3-5,9-14,17H,1,6-8,15-16H2,2H3. The minimum atomic E-state index is -3.57. The second kappa shape index (κ2) is 8.90. The number of nitrogens with zero attached hydrogens (tertiary/aromatic N) is 3. The van der Waals surface area contributed by atoms with E-state index in [4.69, 9.17) is 0 Å². The van der Waals surface area contributed by atoms with Crippen LogP contribution >= 0.6 is 11.3 Å². The van der Waals surface area contributed by atoms with Crippen LogP contribution in [0.25, 0.3) is 10.2 Å². The first-order chi connectivity index (χ1) is 14.9. The van der Waals surface area contributed by atoms with Crippen LogP contribution in [-0.4, -0.2) is 35.8 Å². The largest absolute Gasteiger partial charge is 0.312 e. The fourth-order valence-corrected chi connectivity index (χ4v) is 6.63. The molecule has 2 aromatic carbocycles. The van der Waals surface area contributed by atoms with Crippen LogP contribution in [0.4, 0.5) is 0 Å². The van der Waals surface area contributed by atoms with Crippen molar-refractivity contribution in [3.63, 3.8) is 0 Å². The summed E-state index contributed by atoms with van der Waals surface area (Å²) in [5.74, 6) is -0.403. The fourth-order valence-electron chi connectivity index (χ4n) is 3.90. The zero-order chi connectivity index (χ0) is 22.0. The van der Waals surface area contributed by atoms with Crippen LogP contribution in [-0.2, 0) is 16.6 Å². The molecular formula is C23H25N3O3S2. The Bertz CT molecular complexity index is 1290. The third-order valence-corrected chi connectivity index (χ3v) is 8.63. The van der Waals surface area contributed by atoms with Crippen molar-refractivity contribution in [2.45, 2.75) is 43.7 Å². The van der Waals surface area contributed by atoms with E-state index in [9.17, 15) is 13.2 Å². The number of carbonyl (C=O) groups is 1. The van der Waals surface area contributed by atoms with Crippen molar-refractivity contribution in [3.05, 3.63) is 71.6 Å². The molecule has 2 heterocycles. The van der Waals surface area contributed by atoms with Crippen LogP contribution in [0.2, 0.25) is 0 Å². The number of aromatic nitrogens is 1. The lowest BCUT2D eigenvalue weighted by atomic mass is 10.1. The number of carbonyl (C=O) groups excluding carboxylic acids is 1. The molecule has 1 atom stereocenters. The summed E-state index contributed by atoms with van der Waals surface area (Å²) in [4.78, 5) is 17.9. The molecule has 31 heavy (non-hydrogen) atoms. The van der Waals surface area contributed by atoms with Gasteiger partial charge in [0.2, 0.25) is 10.0 Å². The number of fused-ring (bicyclic) bond motifs is 1. The minimum absolute atomic E-state index is 0.0108. The Morgan fingerprint density at radius 3 is 2.65 bits per heavy atom. The zero-order valence-electron chi connectivity index (χ0n) is 17.4. The number of benzene rings is 2. The van der Waals surface area contributed by atoms with Gasteiger partial charge in [-0.05, 0) is 56.2 Å². The van der Waals surface area contributed by atoms with Gasteiger partial charge < -0.3 is 4.57 Å². The Labute approximate surface area is 186 Å². The van der Waals surface area contributed by atoms with Gasteiger partial charge in [0.25, 0.3) is 5.91 Å². The molecule has 1 unspecified atom stereocenters. The van der Waals surface area contributed by atoms with Gasteiger partial charge in [0.1, 0.15) is 0 Å². The van der Waals surface area contributed by atoms with Gasteiger partial charge >= 0.3 is 0 Å². The van der Waals surface area contributed by atoms with E-state index < -0.39 is 15.9 Å². The summed E-state index contributed by atoms with van der Waals surface area (Å²) in [5.41, 5.74) is 1.35. The zero-order valence-corrected chi connectivity index (χ0v) is 19.0. The van der Waals surface area contributed by atoms with E-state index in [-0.39, 0.29) is 10.9 Å². The number of sulfonamides is 1. The molecule has 0 aliphatic carbocycles. The first-order valence-corrected chi connectivity index (χ1v) is 12.6. The van der Waals surface area contributed by atoms with E-state index in [0.717, 1.165) is 29.5 Å². The van der Waals surface area contributed by atoms with E-state index in [2.05, 4.69) is 11.6 Å². The second-order valence-electron chi connectivity index (χ2n) is 7.65. The van der Waals surface area contributed by atoms with Crippen molar-refractivity contribution < 1.29 is 13.2 Å². The summed E-state index contributed by atoms with van der Waals surface area (Å²) in [6.45, 7) is 6.81. The van der Waals surface area contributed by atoms with E-state index in [1.54, 1.807) is 22.5 Å². The van der Waals surface area contributed by atoms with Crippen LogP contribution in [0.15, 0.2) is 71.1 Å². The van der Waals surface area contributed by atoms with E-state index in [0.29, 0.717) is 23.5 Å². The van der Waals surface area contributed by atoms with Crippen molar-refractivity contribution in [2.75, 3.05) is 6.54 Å². The summed E-state index contributed by atoms with van der Waals surface area (Å²) in [6, 6.07) is 13.9. The SMILES string of the molecule is C=CCn1c(=NC(=O)c2ccc(S(=O)(=O)N3CCCCC3C)cc2)sc2ccccc21. The molecule has 162 valence electrons. The Morgan fingerprint density at radius 2 is 1.94 bits per heavy atom. The summed E-state index contributed by atoms with van der Waals surface area (Å²) in [7, 11) is -3.57. The molecule has 3 aromatic rings. The van der Waals surface area contributed by atoms with Crippen LogP contribution < -0.4 is 4.80 Å². The summed E-state index contributed by atoms with van der Waals surface area (Å²) in [5, 5.41) is 0. The monoisotopic (exact) mass is 455 g/mol. The van der Waals surface area contributed by atoms with Gasteiger partial charge in [0, 0.05) is 24.7 Å². The Balaban J connectivity index is 1.64.